The smallest absolute Gasteiger partial charge is 0.271 e. The zero-order valence-electron chi connectivity index (χ0n) is 14.5. The second kappa shape index (κ2) is 8.58. The number of ketones is 1. The number of Topliss-reactive ketones (excluding diaryl/α,β-unsaturated/α-hetero) is 1. The summed E-state index contributed by atoms with van der Waals surface area (Å²) in [5, 5.41) is 13.5. The molecule has 0 aliphatic carbocycles. The lowest BCUT2D eigenvalue weighted by Crippen LogP contribution is -2.21. The molecule has 0 heterocycles. The molecule has 0 radical (unpaired) electrons. The van der Waals surface area contributed by atoms with E-state index in [1.54, 1.807) is 24.3 Å². The van der Waals surface area contributed by atoms with Gasteiger partial charge in [-0.3, -0.25) is 9.59 Å². The summed E-state index contributed by atoms with van der Waals surface area (Å²) in [7, 11) is 0. The Bertz CT molecular complexity index is 950. The first-order valence-corrected chi connectivity index (χ1v) is 8.43. The second-order valence-electron chi connectivity index (χ2n) is 5.88. The molecule has 0 bridgehead atoms. The highest BCUT2D eigenvalue weighted by Gasteiger charge is 2.13. The number of benzene rings is 3. The van der Waals surface area contributed by atoms with Crippen LogP contribution in [0.25, 0.3) is 0 Å². The molecule has 3 aromatic carbocycles. The van der Waals surface area contributed by atoms with Crippen molar-refractivity contribution in [2.75, 3.05) is 0 Å². The van der Waals surface area contributed by atoms with E-state index >= 15 is 0 Å². The van der Waals surface area contributed by atoms with Crippen molar-refractivity contribution in [3.63, 3.8) is 0 Å². The Balaban J connectivity index is 1.81. The summed E-state index contributed by atoms with van der Waals surface area (Å²) in [6.07, 6.45) is 0.0594. The number of carbonyl (C=O) groups excluding carboxylic acids is 2. The van der Waals surface area contributed by atoms with Crippen LogP contribution in [0.4, 0.5) is 0 Å². The molecule has 134 valence electrons. The van der Waals surface area contributed by atoms with Crippen molar-refractivity contribution >= 4 is 17.4 Å². The molecule has 0 fully saturated rings. The summed E-state index contributed by atoms with van der Waals surface area (Å²) in [4.78, 5) is 24.8. The Morgan fingerprint density at radius 1 is 0.741 bits per heavy atom. The average Bonchev–Trinajstić information content (AvgIpc) is 2.72. The van der Waals surface area contributed by atoms with E-state index in [4.69, 9.17) is 0 Å². The van der Waals surface area contributed by atoms with Crippen molar-refractivity contribution in [1.82, 2.24) is 5.43 Å². The number of hydrogen-bond acceptors (Lipinski definition) is 4. The Morgan fingerprint density at radius 2 is 1.30 bits per heavy atom. The van der Waals surface area contributed by atoms with Gasteiger partial charge in [0.1, 0.15) is 5.75 Å². The third-order valence-electron chi connectivity index (χ3n) is 3.95. The first-order valence-electron chi connectivity index (χ1n) is 8.43. The Hall–Kier alpha value is -3.73. The van der Waals surface area contributed by atoms with Crippen LogP contribution >= 0.6 is 0 Å². The van der Waals surface area contributed by atoms with E-state index in [0.717, 1.165) is 5.56 Å². The molecular weight excluding hydrogens is 340 g/mol. The van der Waals surface area contributed by atoms with Crippen LogP contribution in [0, 0.1) is 0 Å². The minimum Gasteiger partial charge on any atom is -0.508 e. The van der Waals surface area contributed by atoms with Gasteiger partial charge >= 0.3 is 0 Å². The van der Waals surface area contributed by atoms with Gasteiger partial charge in [0.25, 0.3) is 5.91 Å². The van der Waals surface area contributed by atoms with Crippen LogP contribution in [0.1, 0.15) is 32.7 Å². The normalized spacial score (nSPS) is 11.0. The standard InChI is InChI=1S/C22H18N2O3/c25-19-13-11-18(12-14-19)22(27)24-23-20(16-7-3-1-4-8-16)15-21(26)17-9-5-2-6-10-17/h1-14,25H,15H2,(H,24,27)/b23-20+. The number of amides is 1. The van der Waals surface area contributed by atoms with Gasteiger partial charge in [-0.2, -0.15) is 5.10 Å². The maximum atomic E-state index is 12.6. The molecule has 0 aliphatic heterocycles. The number of phenolic OH excluding ortho intramolecular Hbond substituents is 1. The van der Waals surface area contributed by atoms with Gasteiger partial charge in [-0.15, -0.1) is 0 Å². The van der Waals surface area contributed by atoms with Crippen LogP contribution in [0.5, 0.6) is 5.75 Å². The van der Waals surface area contributed by atoms with Crippen LogP contribution < -0.4 is 5.43 Å². The highest BCUT2D eigenvalue weighted by Crippen LogP contribution is 2.11. The van der Waals surface area contributed by atoms with Gasteiger partial charge in [-0.1, -0.05) is 60.7 Å². The third-order valence-corrected chi connectivity index (χ3v) is 3.95. The van der Waals surface area contributed by atoms with Crippen LogP contribution in [-0.2, 0) is 0 Å². The lowest BCUT2D eigenvalue weighted by Gasteiger charge is -2.08. The van der Waals surface area contributed by atoms with Gasteiger partial charge in [0.2, 0.25) is 0 Å². The number of hydrogen-bond donors (Lipinski definition) is 2. The van der Waals surface area contributed by atoms with E-state index in [1.165, 1.54) is 24.3 Å². The van der Waals surface area contributed by atoms with Gasteiger partial charge in [0.05, 0.1) is 12.1 Å². The lowest BCUT2D eigenvalue weighted by atomic mass is 10.0. The van der Waals surface area contributed by atoms with E-state index in [2.05, 4.69) is 10.5 Å². The molecule has 0 saturated carbocycles. The summed E-state index contributed by atoms with van der Waals surface area (Å²) >= 11 is 0. The molecule has 0 saturated heterocycles. The molecule has 3 rings (SSSR count). The fourth-order valence-corrected chi connectivity index (χ4v) is 2.51. The molecule has 2 N–H and O–H groups in total. The molecule has 0 unspecified atom stereocenters. The Labute approximate surface area is 157 Å². The van der Waals surface area contributed by atoms with Crippen LogP contribution in [0.15, 0.2) is 90.0 Å². The van der Waals surface area contributed by atoms with Gasteiger partial charge in [-0.05, 0) is 29.8 Å². The fraction of sp³-hybridized carbons (Fsp3) is 0.0455. The molecular formula is C22H18N2O3. The van der Waals surface area contributed by atoms with Crippen LogP contribution in [0.2, 0.25) is 0 Å². The van der Waals surface area contributed by atoms with Crippen LogP contribution in [-0.4, -0.2) is 22.5 Å². The summed E-state index contributed by atoms with van der Waals surface area (Å²) in [6.45, 7) is 0. The summed E-state index contributed by atoms with van der Waals surface area (Å²) < 4.78 is 0. The topological polar surface area (TPSA) is 78.8 Å². The minimum atomic E-state index is -0.421. The number of rotatable bonds is 6. The molecule has 0 aromatic heterocycles. The van der Waals surface area contributed by atoms with Crippen molar-refractivity contribution in [3.8, 4) is 5.75 Å². The second-order valence-corrected chi connectivity index (χ2v) is 5.88. The monoisotopic (exact) mass is 358 g/mol. The van der Waals surface area contributed by atoms with Crippen molar-refractivity contribution in [3.05, 3.63) is 102 Å². The van der Waals surface area contributed by atoms with E-state index in [0.29, 0.717) is 16.8 Å². The lowest BCUT2D eigenvalue weighted by molar-refractivity contribution is 0.0951. The molecule has 27 heavy (non-hydrogen) atoms. The maximum Gasteiger partial charge on any atom is 0.271 e. The highest BCUT2D eigenvalue weighted by molar-refractivity contribution is 6.16. The molecule has 3 aromatic rings. The summed E-state index contributed by atoms with van der Waals surface area (Å²) in [5.41, 5.74) is 4.66. The largest absolute Gasteiger partial charge is 0.508 e. The molecule has 1 amide bonds. The van der Waals surface area contributed by atoms with Crippen molar-refractivity contribution in [2.45, 2.75) is 6.42 Å². The minimum absolute atomic E-state index is 0.0594. The number of nitrogens with zero attached hydrogens (tertiary/aromatic N) is 1. The number of hydrazone groups is 1. The molecule has 0 atom stereocenters. The van der Waals surface area contributed by atoms with Gasteiger partial charge in [0, 0.05) is 11.1 Å². The highest BCUT2D eigenvalue weighted by atomic mass is 16.3. The van der Waals surface area contributed by atoms with E-state index in [9.17, 15) is 14.7 Å². The maximum absolute atomic E-state index is 12.6. The quantitative estimate of drug-likeness (QED) is 0.400. The van der Waals surface area contributed by atoms with Crippen molar-refractivity contribution < 1.29 is 14.7 Å². The number of aromatic hydroxyl groups is 1. The molecule has 5 heteroatoms. The Kier molecular flexibility index (Phi) is 5.74. The van der Waals surface area contributed by atoms with Crippen LogP contribution in [0.3, 0.4) is 0 Å². The van der Waals surface area contributed by atoms with Gasteiger partial charge in [-0.25, -0.2) is 5.43 Å². The van der Waals surface area contributed by atoms with E-state index in [-0.39, 0.29) is 18.0 Å². The molecule has 5 nitrogen and oxygen atoms in total. The summed E-state index contributed by atoms with van der Waals surface area (Å²) in [6, 6.07) is 24.0. The third kappa shape index (κ3) is 4.89. The average molecular weight is 358 g/mol. The summed E-state index contributed by atoms with van der Waals surface area (Å²) in [5.74, 6) is -0.429. The van der Waals surface area contributed by atoms with E-state index in [1.807, 2.05) is 36.4 Å². The first-order chi connectivity index (χ1) is 13.1. The van der Waals surface area contributed by atoms with Crippen molar-refractivity contribution in [2.24, 2.45) is 5.10 Å². The predicted molar refractivity (Wildman–Crippen MR) is 104 cm³/mol. The van der Waals surface area contributed by atoms with Gasteiger partial charge in [0.15, 0.2) is 5.78 Å². The predicted octanol–water partition coefficient (Wildman–Crippen LogP) is 3.80. The van der Waals surface area contributed by atoms with Gasteiger partial charge < -0.3 is 5.11 Å². The first kappa shape index (κ1) is 18.1. The fourth-order valence-electron chi connectivity index (χ4n) is 2.51. The molecule has 0 aliphatic rings. The number of nitrogens with one attached hydrogen (secondary N) is 1. The number of phenols is 1. The Morgan fingerprint density at radius 3 is 1.89 bits per heavy atom. The molecule has 0 spiro atoms. The zero-order valence-corrected chi connectivity index (χ0v) is 14.5. The SMILES string of the molecule is O=C(C/C(=N\NC(=O)c1ccc(O)cc1)c1ccccc1)c1ccccc1. The van der Waals surface area contributed by atoms with E-state index < -0.39 is 5.91 Å². The zero-order chi connectivity index (χ0) is 19.1. The van der Waals surface area contributed by atoms with Crippen molar-refractivity contribution in [1.29, 1.82) is 0 Å². The number of carbonyl (C=O) groups is 2.